The van der Waals surface area contributed by atoms with Gasteiger partial charge in [-0.1, -0.05) is 47.7 Å². The summed E-state index contributed by atoms with van der Waals surface area (Å²) >= 11 is 3.44. The van der Waals surface area contributed by atoms with E-state index < -0.39 is 0 Å². The molecule has 186 valence electrons. The van der Waals surface area contributed by atoms with Gasteiger partial charge in [0.25, 0.3) is 5.56 Å². The number of halogens is 1. The Hall–Kier alpha value is -3.37. The second-order valence-electron chi connectivity index (χ2n) is 8.94. The Bertz CT molecular complexity index is 1750. The molecule has 37 heavy (non-hydrogen) atoms. The van der Waals surface area contributed by atoms with Gasteiger partial charge in [0, 0.05) is 5.56 Å². The summed E-state index contributed by atoms with van der Waals surface area (Å²) in [5.74, 6) is 1.23. The highest BCUT2D eigenvalue weighted by Crippen LogP contribution is 2.41. The van der Waals surface area contributed by atoms with Gasteiger partial charge in [0.15, 0.2) is 16.3 Å². The first-order valence-corrected chi connectivity index (χ1v) is 13.7. The Morgan fingerprint density at radius 1 is 1.08 bits per heavy atom. The number of allylic oxidation sites excluding steroid dienone is 1. The van der Waals surface area contributed by atoms with Crippen LogP contribution in [0.15, 0.2) is 76.0 Å². The summed E-state index contributed by atoms with van der Waals surface area (Å²) in [6.45, 7) is 0. The van der Waals surface area contributed by atoms with E-state index in [-0.39, 0.29) is 17.4 Å². The summed E-state index contributed by atoms with van der Waals surface area (Å²) in [6, 6.07) is 19.6. The fourth-order valence-electron chi connectivity index (χ4n) is 5.09. The number of aromatic hydroxyl groups is 1. The lowest BCUT2D eigenvalue weighted by Gasteiger charge is -2.30. The molecule has 1 atom stereocenters. The van der Waals surface area contributed by atoms with Crippen molar-refractivity contribution in [1.29, 1.82) is 0 Å². The van der Waals surface area contributed by atoms with Crippen LogP contribution < -0.4 is 24.4 Å². The maximum Gasteiger partial charge on any atom is 0.271 e. The summed E-state index contributed by atoms with van der Waals surface area (Å²) in [5.41, 5.74) is 6.26. The molecule has 0 amide bonds. The lowest BCUT2D eigenvalue weighted by molar-refractivity contribution is 0.371. The van der Waals surface area contributed by atoms with Gasteiger partial charge in [-0.15, -0.1) is 0 Å². The molecule has 0 unspecified atom stereocenters. The molecule has 0 bridgehead atoms. The number of phenolic OH excluding ortho intramolecular Hbond substituents is 1. The first kappa shape index (κ1) is 24.0. The van der Waals surface area contributed by atoms with E-state index in [0.717, 1.165) is 46.6 Å². The van der Waals surface area contributed by atoms with E-state index in [1.807, 2.05) is 47.0 Å². The van der Waals surface area contributed by atoms with Crippen LogP contribution in [0.3, 0.4) is 0 Å². The van der Waals surface area contributed by atoms with Crippen LogP contribution in [-0.4, -0.2) is 23.9 Å². The zero-order chi connectivity index (χ0) is 25.7. The van der Waals surface area contributed by atoms with Crippen LogP contribution in [0.2, 0.25) is 0 Å². The van der Waals surface area contributed by atoms with Gasteiger partial charge in [0.1, 0.15) is 5.75 Å². The van der Waals surface area contributed by atoms with Gasteiger partial charge in [-0.05, 0) is 88.0 Å². The monoisotopic (exact) mass is 622 g/mol. The molecule has 1 aliphatic heterocycles. The Morgan fingerprint density at radius 3 is 2.62 bits per heavy atom. The topological polar surface area (TPSA) is 73.1 Å². The number of phenols is 1. The van der Waals surface area contributed by atoms with Gasteiger partial charge in [0.05, 0.1) is 34.1 Å². The van der Waals surface area contributed by atoms with Crippen molar-refractivity contribution in [3.05, 3.63) is 112 Å². The molecule has 1 N–H and O–H groups in total. The maximum atomic E-state index is 13.9. The van der Waals surface area contributed by atoms with Crippen LogP contribution in [0, 0.1) is 3.57 Å². The van der Waals surface area contributed by atoms with E-state index in [0.29, 0.717) is 18.7 Å². The fourth-order valence-corrected chi connectivity index (χ4v) is 6.72. The minimum absolute atomic E-state index is 0.0861. The van der Waals surface area contributed by atoms with Crippen LogP contribution in [0.1, 0.15) is 34.7 Å². The van der Waals surface area contributed by atoms with Crippen molar-refractivity contribution in [3.8, 4) is 17.2 Å². The average molecular weight is 622 g/mol. The van der Waals surface area contributed by atoms with Gasteiger partial charge < -0.3 is 14.6 Å². The number of ether oxygens (including phenoxy) is 2. The number of aryl methyl sites for hydroxylation is 1. The van der Waals surface area contributed by atoms with Crippen molar-refractivity contribution in [2.75, 3.05) is 14.2 Å². The van der Waals surface area contributed by atoms with Crippen LogP contribution in [0.4, 0.5) is 0 Å². The van der Waals surface area contributed by atoms with Crippen molar-refractivity contribution in [3.63, 3.8) is 0 Å². The summed E-state index contributed by atoms with van der Waals surface area (Å²) in [4.78, 5) is 19.6. The molecule has 2 aliphatic rings. The van der Waals surface area contributed by atoms with Crippen molar-refractivity contribution in [2.45, 2.75) is 18.9 Å². The number of methoxy groups -OCH3 is 2. The van der Waals surface area contributed by atoms with E-state index in [1.54, 1.807) is 13.2 Å². The molecule has 0 radical (unpaired) electrons. The second-order valence-corrected chi connectivity index (χ2v) is 11.1. The molecular weight excluding hydrogens is 599 g/mol. The normalized spacial score (nSPS) is 16.5. The molecule has 6 rings (SSSR count). The Labute approximate surface area is 231 Å². The average Bonchev–Trinajstić information content (AvgIpc) is 3.23. The SMILES string of the molecule is COc1ccc([C@@H]2C3=C(N=c4s/c(=C\c5cc(I)c(O)c(OC)c5)c(=O)n42)c2ccccc2CC3)cc1. The number of hydrogen-bond donors (Lipinski definition) is 1. The molecule has 2 heterocycles. The van der Waals surface area contributed by atoms with Crippen LogP contribution >= 0.6 is 33.9 Å². The van der Waals surface area contributed by atoms with E-state index in [1.165, 1.54) is 24.0 Å². The lowest BCUT2D eigenvalue weighted by atomic mass is 9.83. The van der Waals surface area contributed by atoms with Crippen LogP contribution in [0.5, 0.6) is 17.2 Å². The molecule has 0 saturated heterocycles. The third-order valence-electron chi connectivity index (χ3n) is 6.87. The zero-order valence-electron chi connectivity index (χ0n) is 20.2. The molecule has 0 fully saturated rings. The summed E-state index contributed by atoms with van der Waals surface area (Å²) in [7, 11) is 3.16. The Balaban J connectivity index is 1.59. The number of nitrogens with zero attached hydrogens (tertiary/aromatic N) is 2. The predicted octanol–water partition coefficient (Wildman–Crippen LogP) is 4.65. The number of fused-ring (bicyclic) bond motifs is 3. The highest BCUT2D eigenvalue weighted by molar-refractivity contribution is 14.1. The number of thiazole rings is 1. The largest absolute Gasteiger partial charge is 0.504 e. The van der Waals surface area contributed by atoms with Crippen LogP contribution in [0.25, 0.3) is 11.8 Å². The first-order valence-electron chi connectivity index (χ1n) is 11.8. The smallest absolute Gasteiger partial charge is 0.271 e. The lowest BCUT2D eigenvalue weighted by Crippen LogP contribution is -2.38. The zero-order valence-corrected chi connectivity index (χ0v) is 23.2. The molecule has 0 spiro atoms. The van der Waals surface area contributed by atoms with Gasteiger partial charge >= 0.3 is 0 Å². The number of rotatable bonds is 4. The molecule has 1 aliphatic carbocycles. The molecule has 8 heteroatoms. The first-order chi connectivity index (χ1) is 18.0. The van der Waals surface area contributed by atoms with Crippen molar-refractivity contribution >= 4 is 45.7 Å². The minimum atomic E-state index is -0.248. The summed E-state index contributed by atoms with van der Waals surface area (Å²) in [5, 5.41) is 10.2. The van der Waals surface area contributed by atoms with Crippen molar-refractivity contribution in [1.82, 2.24) is 4.57 Å². The molecule has 1 aromatic heterocycles. The predicted molar refractivity (Wildman–Crippen MR) is 153 cm³/mol. The van der Waals surface area contributed by atoms with Gasteiger partial charge in [-0.3, -0.25) is 9.36 Å². The van der Waals surface area contributed by atoms with Gasteiger partial charge in [-0.2, -0.15) is 0 Å². The van der Waals surface area contributed by atoms with E-state index in [9.17, 15) is 9.90 Å². The fraction of sp³-hybridized carbons (Fsp3) is 0.172. The van der Waals surface area contributed by atoms with E-state index >= 15 is 0 Å². The third kappa shape index (κ3) is 4.08. The molecule has 6 nitrogen and oxygen atoms in total. The van der Waals surface area contributed by atoms with E-state index in [2.05, 4.69) is 40.8 Å². The summed E-state index contributed by atoms with van der Waals surface area (Å²) < 4.78 is 13.8. The summed E-state index contributed by atoms with van der Waals surface area (Å²) in [6.07, 6.45) is 3.59. The highest BCUT2D eigenvalue weighted by atomic mass is 127. The standard InChI is InChI=1S/C29H23IN2O4S/c1-35-19-10-7-18(8-11-19)26-21-12-9-17-5-3-4-6-20(17)25(21)31-29-32(26)28(34)24(37-29)15-16-13-22(30)27(33)23(14-16)36-2/h3-8,10-11,13-15,26,33H,9,12H2,1-2H3/b24-15-/t26-/m1/s1. The number of hydrogen-bond acceptors (Lipinski definition) is 6. The molecule has 4 aromatic rings. The van der Waals surface area contributed by atoms with Crippen LogP contribution in [-0.2, 0) is 6.42 Å². The van der Waals surface area contributed by atoms with Gasteiger partial charge in [0.2, 0.25) is 0 Å². The Kier molecular flexibility index (Phi) is 6.16. The second kappa shape index (κ2) is 9.50. The van der Waals surface area contributed by atoms with Crippen molar-refractivity contribution < 1.29 is 14.6 Å². The van der Waals surface area contributed by atoms with Gasteiger partial charge in [-0.25, -0.2) is 4.99 Å². The highest BCUT2D eigenvalue weighted by Gasteiger charge is 2.32. The minimum Gasteiger partial charge on any atom is -0.504 e. The Morgan fingerprint density at radius 2 is 1.86 bits per heavy atom. The quantitative estimate of drug-likeness (QED) is 0.337. The van der Waals surface area contributed by atoms with Crippen molar-refractivity contribution in [2.24, 2.45) is 4.99 Å². The third-order valence-corrected chi connectivity index (χ3v) is 8.68. The number of benzene rings is 3. The molecular formula is C29H23IN2O4S. The molecule has 0 saturated carbocycles. The number of aromatic nitrogens is 1. The van der Waals surface area contributed by atoms with E-state index in [4.69, 9.17) is 14.5 Å². The maximum absolute atomic E-state index is 13.9. The molecule has 3 aromatic carbocycles.